The maximum absolute atomic E-state index is 13.0. The predicted octanol–water partition coefficient (Wildman–Crippen LogP) is 4.83. The second kappa shape index (κ2) is 9.66. The average Bonchev–Trinajstić information content (AvgIpc) is 2.75. The van der Waals surface area contributed by atoms with Crippen molar-refractivity contribution in [3.8, 4) is 11.5 Å². The van der Waals surface area contributed by atoms with Gasteiger partial charge in [0.05, 0.1) is 17.6 Å². The van der Waals surface area contributed by atoms with Crippen molar-refractivity contribution >= 4 is 27.3 Å². The van der Waals surface area contributed by atoms with Crippen molar-refractivity contribution in [3.63, 3.8) is 0 Å². The lowest BCUT2D eigenvalue weighted by Gasteiger charge is -2.28. The normalized spacial score (nSPS) is 12.1. The maximum Gasteiger partial charge on any atom is 0.248 e. The van der Waals surface area contributed by atoms with E-state index in [0.29, 0.717) is 22.9 Å². The number of ether oxygens (including phenoxy) is 1. The van der Waals surface area contributed by atoms with Crippen molar-refractivity contribution in [2.75, 3.05) is 15.9 Å². The highest BCUT2D eigenvalue weighted by Crippen LogP contribution is 2.30. The summed E-state index contributed by atoms with van der Waals surface area (Å²) in [5.74, 6) is 0.632. The second-order valence-corrected chi connectivity index (χ2v) is 9.01. The number of para-hydroxylation sites is 3. The minimum absolute atomic E-state index is 0.441. The summed E-state index contributed by atoms with van der Waals surface area (Å²) < 4.78 is 32.0. The molecule has 6 nitrogen and oxygen atoms in total. The predicted molar refractivity (Wildman–Crippen MR) is 124 cm³/mol. The first-order chi connectivity index (χ1) is 14.8. The van der Waals surface area contributed by atoms with Crippen LogP contribution in [0.3, 0.4) is 0 Å². The number of carbonyl (C=O) groups excluding carboxylic acids is 1. The molecule has 1 amide bonds. The van der Waals surface area contributed by atoms with Gasteiger partial charge >= 0.3 is 0 Å². The van der Waals surface area contributed by atoms with E-state index in [1.807, 2.05) is 49.4 Å². The molecule has 0 bridgehead atoms. The number of amides is 1. The van der Waals surface area contributed by atoms with Crippen LogP contribution in [0.5, 0.6) is 11.5 Å². The molecule has 162 valence electrons. The summed E-state index contributed by atoms with van der Waals surface area (Å²) in [6.45, 7) is 3.58. The molecule has 0 aromatic heterocycles. The number of nitrogens with zero attached hydrogens (tertiary/aromatic N) is 1. The molecule has 7 heteroatoms. The van der Waals surface area contributed by atoms with Crippen LogP contribution in [0, 0.1) is 0 Å². The zero-order valence-corrected chi connectivity index (χ0v) is 18.6. The topological polar surface area (TPSA) is 75.7 Å². The van der Waals surface area contributed by atoms with Crippen molar-refractivity contribution in [2.24, 2.45) is 0 Å². The van der Waals surface area contributed by atoms with Crippen LogP contribution >= 0.6 is 0 Å². The third-order valence-electron chi connectivity index (χ3n) is 4.80. The monoisotopic (exact) mass is 438 g/mol. The van der Waals surface area contributed by atoms with Crippen molar-refractivity contribution in [3.05, 3.63) is 84.4 Å². The van der Waals surface area contributed by atoms with E-state index in [4.69, 9.17) is 4.74 Å². The van der Waals surface area contributed by atoms with Crippen LogP contribution in [0.2, 0.25) is 0 Å². The molecule has 1 atom stereocenters. The molecule has 0 heterocycles. The van der Waals surface area contributed by atoms with Gasteiger partial charge in [-0.2, -0.15) is 0 Å². The van der Waals surface area contributed by atoms with Gasteiger partial charge in [0.15, 0.2) is 5.75 Å². The van der Waals surface area contributed by atoms with E-state index < -0.39 is 22.0 Å². The molecule has 3 rings (SSSR count). The first-order valence-corrected chi connectivity index (χ1v) is 11.9. The molecule has 0 aliphatic heterocycles. The molecular weight excluding hydrogens is 412 g/mol. The van der Waals surface area contributed by atoms with Crippen LogP contribution in [-0.2, 0) is 21.2 Å². The average molecular weight is 439 g/mol. The van der Waals surface area contributed by atoms with Gasteiger partial charge in [0.1, 0.15) is 11.8 Å². The maximum atomic E-state index is 13.0. The number of hydrogen-bond acceptors (Lipinski definition) is 4. The lowest BCUT2D eigenvalue weighted by molar-refractivity contribution is -0.116. The van der Waals surface area contributed by atoms with E-state index in [1.54, 1.807) is 43.3 Å². The van der Waals surface area contributed by atoms with Crippen LogP contribution in [0.15, 0.2) is 78.9 Å². The van der Waals surface area contributed by atoms with Gasteiger partial charge in [-0.1, -0.05) is 49.4 Å². The van der Waals surface area contributed by atoms with Crippen LogP contribution in [-0.4, -0.2) is 26.6 Å². The Bertz CT molecular complexity index is 1130. The number of anilines is 2. The van der Waals surface area contributed by atoms with E-state index in [1.165, 1.54) is 0 Å². The first-order valence-electron chi connectivity index (χ1n) is 10.0. The fraction of sp³-hybridized carbons (Fsp3) is 0.208. The number of aryl methyl sites for hydroxylation is 1. The number of hydrogen-bond donors (Lipinski definition) is 1. The SMILES string of the molecule is CCc1ccc(N([C@H](C)C(=O)Nc2ccccc2Oc2ccccc2)S(C)(=O)=O)cc1. The van der Waals surface area contributed by atoms with E-state index in [9.17, 15) is 13.2 Å². The summed E-state index contributed by atoms with van der Waals surface area (Å²) in [5, 5.41) is 2.81. The number of benzene rings is 3. The minimum atomic E-state index is -3.69. The van der Waals surface area contributed by atoms with Gasteiger partial charge in [-0.05, 0) is 55.3 Å². The van der Waals surface area contributed by atoms with Crippen molar-refractivity contribution in [1.29, 1.82) is 0 Å². The summed E-state index contributed by atoms with van der Waals surface area (Å²) in [7, 11) is -3.69. The molecule has 0 unspecified atom stereocenters. The van der Waals surface area contributed by atoms with E-state index in [2.05, 4.69) is 5.32 Å². The Hall–Kier alpha value is -3.32. The highest BCUT2D eigenvalue weighted by molar-refractivity contribution is 7.92. The van der Waals surface area contributed by atoms with Crippen molar-refractivity contribution in [1.82, 2.24) is 0 Å². The molecule has 0 saturated heterocycles. The van der Waals surface area contributed by atoms with Crippen LogP contribution in [0.1, 0.15) is 19.4 Å². The molecule has 31 heavy (non-hydrogen) atoms. The Morgan fingerprint density at radius 1 is 0.968 bits per heavy atom. The summed E-state index contributed by atoms with van der Waals surface area (Å²) >= 11 is 0. The fourth-order valence-corrected chi connectivity index (χ4v) is 4.37. The lowest BCUT2D eigenvalue weighted by Crippen LogP contribution is -2.45. The molecule has 3 aromatic rings. The van der Waals surface area contributed by atoms with Gasteiger partial charge in [-0.3, -0.25) is 9.10 Å². The Morgan fingerprint density at radius 3 is 2.19 bits per heavy atom. The van der Waals surface area contributed by atoms with Crippen LogP contribution in [0.4, 0.5) is 11.4 Å². The minimum Gasteiger partial charge on any atom is -0.455 e. The van der Waals surface area contributed by atoms with Crippen molar-refractivity contribution in [2.45, 2.75) is 26.3 Å². The fourth-order valence-electron chi connectivity index (χ4n) is 3.20. The van der Waals surface area contributed by atoms with Gasteiger partial charge in [-0.15, -0.1) is 0 Å². The van der Waals surface area contributed by atoms with Gasteiger partial charge in [0, 0.05) is 0 Å². The molecule has 0 saturated carbocycles. The molecule has 0 radical (unpaired) electrons. The van der Waals surface area contributed by atoms with Gasteiger partial charge < -0.3 is 10.1 Å². The number of carbonyl (C=O) groups is 1. The summed E-state index contributed by atoms with van der Waals surface area (Å²) in [6, 6.07) is 22.4. The Morgan fingerprint density at radius 2 is 1.58 bits per heavy atom. The largest absolute Gasteiger partial charge is 0.455 e. The molecule has 0 fully saturated rings. The Kier molecular flexibility index (Phi) is 6.97. The summed E-state index contributed by atoms with van der Waals surface area (Å²) in [6.07, 6.45) is 1.93. The molecule has 3 aromatic carbocycles. The van der Waals surface area contributed by atoms with Crippen LogP contribution in [0.25, 0.3) is 0 Å². The van der Waals surface area contributed by atoms with E-state index in [-0.39, 0.29) is 0 Å². The number of rotatable bonds is 8. The Balaban J connectivity index is 1.84. The third kappa shape index (κ3) is 5.64. The zero-order chi connectivity index (χ0) is 22.4. The second-order valence-electron chi connectivity index (χ2n) is 7.16. The molecule has 1 N–H and O–H groups in total. The summed E-state index contributed by atoms with van der Waals surface area (Å²) in [5.41, 5.74) is 1.98. The van der Waals surface area contributed by atoms with Gasteiger partial charge in [0.25, 0.3) is 0 Å². The smallest absolute Gasteiger partial charge is 0.248 e. The van der Waals surface area contributed by atoms with Gasteiger partial charge in [-0.25, -0.2) is 8.42 Å². The first kappa shape index (κ1) is 22.4. The van der Waals surface area contributed by atoms with Gasteiger partial charge in [0.2, 0.25) is 15.9 Å². The standard InChI is InChI=1S/C24H26N2O4S/c1-4-19-14-16-20(17-15-19)26(31(3,28)29)18(2)24(27)25-22-12-8-9-13-23(22)30-21-10-6-5-7-11-21/h5-18H,4H2,1-3H3,(H,25,27)/t18-/m1/s1. The Labute approximate surface area is 183 Å². The van der Waals surface area contributed by atoms with Crippen molar-refractivity contribution < 1.29 is 17.9 Å². The van der Waals surface area contributed by atoms with Crippen LogP contribution < -0.4 is 14.4 Å². The molecular formula is C24H26N2O4S. The van der Waals surface area contributed by atoms with E-state index in [0.717, 1.165) is 22.5 Å². The highest BCUT2D eigenvalue weighted by atomic mass is 32.2. The number of sulfonamides is 1. The van der Waals surface area contributed by atoms with E-state index >= 15 is 0 Å². The zero-order valence-electron chi connectivity index (χ0n) is 17.8. The molecule has 0 aliphatic carbocycles. The summed E-state index contributed by atoms with van der Waals surface area (Å²) in [4.78, 5) is 13.0. The quantitative estimate of drug-likeness (QED) is 0.546. The number of nitrogens with one attached hydrogen (secondary N) is 1. The lowest BCUT2D eigenvalue weighted by atomic mass is 10.1. The third-order valence-corrected chi connectivity index (χ3v) is 6.05. The molecule has 0 spiro atoms. The molecule has 0 aliphatic rings. The highest BCUT2D eigenvalue weighted by Gasteiger charge is 2.29.